The zero-order valence-electron chi connectivity index (χ0n) is 9.75. The average molecular weight is 200 g/mol. The minimum atomic E-state index is -0.139. The third-order valence-electron chi connectivity index (χ3n) is 2.94. The van der Waals surface area contributed by atoms with Crippen molar-refractivity contribution < 1.29 is 9.84 Å². The van der Waals surface area contributed by atoms with E-state index in [2.05, 4.69) is 20.8 Å². The fourth-order valence-electron chi connectivity index (χ4n) is 1.93. The maximum atomic E-state index is 9.87. The van der Waals surface area contributed by atoms with Crippen molar-refractivity contribution in [1.82, 2.24) is 0 Å². The molecule has 0 saturated carbocycles. The Kier molecular flexibility index (Phi) is 4.39. The van der Waals surface area contributed by atoms with Crippen LogP contribution in [0.25, 0.3) is 0 Å². The Labute approximate surface area is 87.7 Å². The lowest BCUT2D eigenvalue weighted by Gasteiger charge is -2.21. The second-order valence-electron chi connectivity index (χ2n) is 5.64. The van der Waals surface area contributed by atoms with Gasteiger partial charge in [0.15, 0.2) is 0 Å². The molecular weight excluding hydrogens is 176 g/mol. The molecule has 0 spiro atoms. The molecule has 1 heterocycles. The van der Waals surface area contributed by atoms with E-state index in [9.17, 15) is 5.11 Å². The lowest BCUT2D eigenvalue weighted by Crippen LogP contribution is -2.21. The SMILES string of the molecule is CC(C)(C)CCCC(O)C1CCOC1. The van der Waals surface area contributed by atoms with Crippen LogP contribution in [0.4, 0.5) is 0 Å². The van der Waals surface area contributed by atoms with Gasteiger partial charge in [0.2, 0.25) is 0 Å². The molecule has 0 aromatic rings. The summed E-state index contributed by atoms with van der Waals surface area (Å²) in [5, 5.41) is 9.87. The number of rotatable bonds is 4. The van der Waals surface area contributed by atoms with E-state index in [1.807, 2.05) is 0 Å². The Bertz CT molecular complexity index is 154. The normalized spacial score (nSPS) is 25.3. The molecule has 0 amide bonds. The Hall–Kier alpha value is -0.0800. The van der Waals surface area contributed by atoms with E-state index in [1.54, 1.807) is 0 Å². The van der Waals surface area contributed by atoms with Crippen molar-refractivity contribution in [3.63, 3.8) is 0 Å². The molecule has 0 aromatic carbocycles. The smallest absolute Gasteiger partial charge is 0.0591 e. The maximum absolute atomic E-state index is 9.87. The number of hydrogen-bond acceptors (Lipinski definition) is 2. The summed E-state index contributed by atoms with van der Waals surface area (Å²) < 4.78 is 5.27. The highest BCUT2D eigenvalue weighted by atomic mass is 16.5. The lowest BCUT2D eigenvalue weighted by molar-refractivity contribution is 0.0804. The molecule has 2 atom stereocenters. The van der Waals surface area contributed by atoms with E-state index in [1.165, 1.54) is 6.42 Å². The highest BCUT2D eigenvalue weighted by Gasteiger charge is 2.23. The minimum Gasteiger partial charge on any atom is -0.393 e. The molecule has 84 valence electrons. The van der Waals surface area contributed by atoms with E-state index in [-0.39, 0.29) is 6.10 Å². The van der Waals surface area contributed by atoms with Crippen molar-refractivity contribution in [3.05, 3.63) is 0 Å². The standard InChI is InChI=1S/C12H24O2/c1-12(2,3)7-4-5-11(13)10-6-8-14-9-10/h10-11,13H,4-9H2,1-3H3. The Morgan fingerprint density at radius 1 is 1.43 bits per heavy atom. The first kappa shape index (κ1) is 12.0. The van der Waals surface area contributed by atoms with Gasteiger partial charge in [-0.3, -0.25) is 0 Å². The average Bonchev–Trinajstić information content (AvgIpc) is 2.53. The number of aliphatic hydroxyl groups is 1. The summed E-state index contributed by atoms with van der Waals surface area (Å²) in [4.78, 5) is 0. The number of aliphatic hydroxyl groups excluding tert-OH is 1. The largest absolute Gasteiger partial charge is 0.393 e. The summed E-state index contributed by atoms with van der Waals surface area (Å²) in [5.74, 6) is 0.398. The monoisotopic (exact) mass is 200 g/mol. The summed E-state index contributed by atoms with van der Waals surface area (Å²) in [6.45, 7) is 8.34. The third kappa shape index (κ3) is 4.43. The van der Waals surface area contributed by atoms with Crippen molar-refractivity contribution in [2.45, 2.75) is 52.6 Å². The summed E-state index contributed by atoms with van der Waals surface area (Å²) in [6.07, 6.45) is 4.15. The number of ether oxygens (including phenoxy) is 1. The number of hydrogen-bond donors (Lipinski definition) is 1. The maximum Gasteiger partial charge on any atom is 0.0591 e. The molecule has 2 nitrogen and oxygen atoms in total. The van der Waals surface area contributed by atoms with Gasteiger partial charge >= 0.3 is 0 Å². The van der Waals surface area contributed by atoms with Crippen LogP contribution in [0.2, 0.25) is 0 Å². The van der Waals surface area contributed by atoms with Gasteiger partial charge in [-0.25, -0.2) is 0 Å². The van der Waals surface area contributed by atoms with Gasteiger partial charge in [-0.15, -0.1) is 0 Å². The second-order valence-corrected chi connectivity index (χ2v) is 5.64. The molecule has 1 aliphatic rings. The van der Waals surface area contributed by atoms with E-state index in [4.69, 9.17) is 4.74 Å². The summed E-state index contributed by atoms with van der Waals surface area (Å²) in [6, 6.07) is 0. The first-order valence-electron chi connectivity index (χ1n) is 5.75. The van der Waals surface area contributed by atoms with E-state index >= 15 is 0 Å². The lowest BCUT2D eigenvalue weighted by atomic mass is 9.87. The molecule has 0 aliphatic carbocycles. The molecule has 0 bridgehead atoms. The van der Waals surface area contributed by atoms with Crippen LogP contribution in [0.3, 0.4) is 0 Å². The van der Waals surface area contributed by atoms with Crippen LogP contribution >= 0.6 is 0 Å². The van der Waals surface area contributed by atoms with Crippen LogP contribution in [0.1, 0.15) is 46.5 Å². The predicted octanol–water partition coefficient (Wildman–Crippen LogP) is 2.60. The van der Waals surface area contributed by atoms with Crippen LogP contribution in [0, 0.1) is 11.3 Å². The summed E-state index contributed by atoms with van der Waals surface area (Å²) in [5.41, 5.74) is 0.395. The highest BCUT2D eigenvalue weighted by Crippen LogP contribution is 2.25. The van der Waals surface area contributed by atoms with Crippen molar-refractivity contribution >= 4 is 0 Å². The molecule has 1 fully saturated rings. The second kappa shape index (κ2) is 5.13. The molecule has 1 saturated heterocycles. The highest BCUT2D eigenvalue weighted by molar-refractivity contribution is 4.73. The van der Waals surface area contributed by atoms with Gasteiger partial charge in [0.1, 0.15) is 0 Å². The molecule has 2 heteroatoms. The fraction of sp³-hybridized carbons (Fsp3) is 1.00. The van der Waals surface area contributed by atoms with Gasteiger partial charge in [-0.05, 0) is 24.7 Å². The van der Waals surface area contributed by atoms with Crippen molar-refractivity contribution in [1.29, 1.82) is 0 Å². The first-order chi connectivity index (χ1) is 6.49. The van der Waals surface area contributed by atoms with Gasteiger partial charge in [0.05, 0.1) is 12.7 Å². The first-order valence-corrected chi connectivity index (χ1v) is 5.75. The van der Waals surface area contributed by atoms with Gasteiger partial charge < -0.3 is 9.84 Å². The van der Waals surface area contributed by atoms with E-state index in [0.717, 1.165) is 32.5 Å². The minimum absolute atomic E-state index is 0.139. The topological polar surface area (TPSA) is 29.5 Å². The summed E-state index contributed by atoms with van der Waals surface area (Å²) in [7, 11) is 0. The Morgan fingerprint density at radius 2 is 2.14 bits per heavy atom. The fourth-order valence-corrected chi connectivity index (χ4v) is 1.93. The Morgan fingerprint density at radius 3 is 2.64 bits per heavy atom. The predicted molar refractivity (Wildman–Crippen MR) is 58.2 cm³/mol. The molecular formula is C12H24O2. The zero-order valence-corrected chi connectivity index (χ0v) is 9.75. The zero-order chi connectivity index (χ0) is 10.6. The quantitative estimate of drug-likeness (QED) is 0.756. The van der Waals surface area contributed by atoms with Crippen molar-refractivity contribution in [2.24, 2.45) is 11.3 Å². The van der Waals surface area contributed by atoms with E-state index in [0.29, 0.717) is 11.3 Å². The van der Waals surface area contributed by atoms with Crippen molar-refractivity contribution in [2.75, 3.05) is 13.2 Å². The molecule has 0 aromatic heterocycles. The van der Waals surface area contributed by atoms with Gasteiger partial charge in [0, 0.05) is 12.5 Å². The van der Waals surface area contributed by atoms with Gasteiger partial charge in [-0.1, -0.05) is 27.2 Å². The molecule has 1 aliphatic heterocycles. The van der Waals surface area contributed by atoms with Crippen LogP contribution in [-0.2, 0) is 4.74 Å². The van der Waals surface area contributed by atoms with Crippen LogP contribution in [0.15, 0.2) is 0 Å². The van der Waals surface area contributed by atoms with Crippen molar-refractivity contribution in [3.8, 4) is 0 Å². The van der Waals surface area contributed by atoms with Crippen LogP contribution in [-0.4, -0.2) is 24.4 Å². The summed E-state index contributed by atoms with van der Waals surface area (Å²) >= 11 is 0. The molecule has 1 N–H and O–H groups in total. The van der Waals surface area contributed by atoms with Gasteiger partial charge in [0.25, 0.3) is 0 Å². The third-order valence-corrected chi connectivity index (χ3v) is 2.94. The van der Waals surface area contributed by atoms with Gasteiger partial charge in [-0.2, -0.15) is 0 Å². The molecule has 2 unspecified atom stereocenters. The Balaban J connectivity index is 2.11. The van der Waals surface area contributed by atoms with Crippen LogP contribution < -0.4 is 0 Å². The van der Waals surface area contributed by atoms with Crippen LogP contribution in [0.5, 0.6) is 0 Å². The molecule has 0 radical (unpaired) electrons. The molecule has 14 heavy (non-hydrogen) atoms. The molecule has 1 rings (SSSR count). The van der Waals surface area contributed by atoms with E-state index < -0.39 is 0 Å².